The fraction of sp³-hybridized carbons (Fsp3) is 0.176. The maximum atomic E-state index is 5.76. The minimum atomic E-state index is -0.153. The molecule has 26 heavy (non-hydrogen) atoms. The number of ether oxygens (including phenoxy) is 1. The lowest BCUT2D eigenvalue weighted by Crippen LogP contribution is -1.88. The molecular formula is C17H14N4O4S. The van der Waals surface area contributed by atoms with Crippen LogP contribution >= 0.6 is 11.8 Å². The lowest BCUT2D eigenvalue weighted by atomic mass is 10.2. The summed E-state index contributed by atoms with van der Waals surface area (Å²) in [7, 11) is 1.62. The zero-order valence-corrected chi connectivity index (χ0v) is 14.8. The Morgan fingerprint density at radius 3 is 2.50 bits per heavy atom. The van der Waals surface area contributed by atoms with Gasteiger partial charge in [-0.05, 0) is 43.3 Å². The lowest BCUT2D eigenvalue weighted by Gasteiger charge is -2.02. The number of benzene rings is 1. The van der Waals surface area contributed by atoms with Crippen LogP contribution in [0.5, 0.6) is 5.75 Å². The summed E-state index contributed by atoms with van der Waals surface area (Å²) in [6.45, 7) is 1.92. The third kappa shape index (κ3) is 3.33. The van der Waals surface area contributed by atoms with Crippen molar-refractivity contribution in [1.82, 2.24) is 20.4 Å². The van der Waals surface area contributed by atoms with Gasteiger partial charge in [-0.15, -0.1) is 20.4 Å². The van der Waals surface area contributed by atoms with Gasteiger partial charge in [-0.1, -0.05) is 11.8 Å². The number of hydrogen-bond donors (Lipinski definition) is 0. The number of hydrogen-bond acceptors (Lipinski definition) is 9. The minimum absolute atomic E-state index is 0.153. The van der Waals surface area contributed by atoms with Crippen LogP contribution in [0, 0.1) is 0 Å². The predicted octanol–water partition coefficient (Wildman–Crippen LogP) is 4.24. The van der Waals surface area contributed by atoms with E-state index >= 15 is 0 Å². The van der Waals surface area contributed by atoms with E-state index in [1.807, 2.05) is 31.2 Å². The fourth-order valence-corrected chi connectivity index (χ4v) is 2.92. The molecule has 3 aromatic heterocycles. The van der Waals surface area contributed by atoms with Crippen LogP contribution < -0.4 is 4.74 Å². The van der Waals surface area contributed by atoms with Crippen LogP contribution in [0.3, 0.4) is 0 Å². The third-order valence-corrected chi connectivity index (χ3v) is 4.46. The summed E-state index contributed by atoms with van der Waals surface area (Å²) < 4.78 is 21.7. The number of nitrogens with zero attached hydrogens (tertiary/aromatic N) is 4. The zero-order chi connectivity index (χ0) is 17.9. The van der Waals surface area contributed by atoms with E-state index in [9.17, 15) is 0 Å². The molecule has 9 heteroatoms. The van der Waals surface area contributed by atoms with Gasteiger partial charge in [-0.25, -0.2) is 0 Å². The van der Waals surface area contributed by atoms with E-state index in [0.29, 0.717) is 28.7 Å². The highest BCUT2D eigenvalue weighted by molar-refractivity contribution is 7.99. The van der Waals surface area contributed by atoms with E-state index in [4.69, 9.17) is 18.0 Å². The number of methoxy groups -OCH3 is 1. The van der Waals surface area contributed by atoms with Crippen LogP contribution in [0.4, 0.5) is 0 Å². The van der Waals surface area contributed by atoms with Crippen molar-refractivity contribution in [2.24, 2.45) is 0 Å². The van der Waals surface area contributed by atoms with E-state index < -0.39 is 0 Å². The quantitative estimate of drug-likeness (QED) is 0.461. The second kappa shape index (κ2) is 7.04. The van der Waals surface area contributed by atoms with Crippen molar-refractivity contribution in [3.63, 3.8) is 0 Å². The van der Waals surface area contributed by atoms with Crippen molar-refractivity contribution in [3.05, 3.63) is 48.6 Å². The SMILES string of the molecule is COc1ccc(-c2nnc([C@@H](C)Sc3nnc(-c4ccco4)o3)o2)cc1. The van der Waals surface area contributed by atoms with Gasteiger partial charge in [-0.3, -0.25) is 0 Å². The Morgan fingerprint density at radius 2 is 1.77 bits per heavy atom. The molecule has 0 aliphatic heterocycles. The molecule has 0 radical (unpaired) electrons. The van der Waals surface area contributed by atoms with Crippen LogP contribution in [0.1, 0.15) is 18.1 Å². The first-order valence-corrected chi connectivity index (χ1v) is 8.63. The van der Waals surface area contributed by atoms with Crippen molar-refractivity contribution in [1.29, 1.82) is 0 Å². The summed E-state index contributed by atoms with van der Waals surface area (Å²) in [5.41, 5.74) is 0.819. The molecule has 1 aromatic carbocycles. The van der Waals surface area contributed by atoms with Gasteiger partial charge in [0.2, 0.25) is 11.8 Å². The Labute approximate surface area is 152 Å². The topological polar surface area (TPSA) is 100 Å². The van der Waals surface area contributed by atoms with E-state index in [1.54, 1.807) is 25.5 Å². The number of thioether (sulfide) groups is 1. The largest absolute Gasteiger partial charge is 0.497 e. The summed E-state index contributed by atoms with van der Waals surface area (Å²) in [5, 5.41) is 16.4. The molecule has 0 fully saturated rings. The summed E-state index contributed by atoms with van der Waals surface area (Å²) in [5.74, 6) is 2.53. The van der Waals surface area contributed by atoms with Crippen LogP contribution in [-0.4, -0.2) is 27.5 Å². The van der Waals surface area contributed by atoms with E-state index in [-0.39, 0.29) is 5.25 Å². The Balaban J connectivity index is 1.47. The Hall–Kier alpha value is -3.07. The normalized spacial score (nSPS) is 12.2. The second-order valence-corrected chi connectivity index (χ2v) is 6.58. The van der Waals surface area contributed by atoms with Crippen molar-refractivity contribution in [3.8, 4) is 28.9 Å². The van der Waals surface area contributed by atoms with Gasteiger partial charge >= 0.3 is 0 Å². The van der Waals surface area contributed by atoms with Gasteiger partial charge in [0.1, 0.15) is 5.75 Å². The molecule has 0 spiro atoms. The summed E-state index contributed by atoms with van der Waals surface area (Å²) in [4.78, 5) is 0. The van der Waals surface area contributed by atoms with Crippen LogP contribution in [-0.2, 0) is 0 Å². The molecule has 0 N–H and O–H groups in total. The monoisotopic (exact) mass is 370 g/mol. The van der Waals surface area contributed by atoms with Gasteiger partial charge in [0, 0.05) is 5.56 Å². The third-order valence-electron chi connectivity index (χ3n) is 3.54. The predicted molar refractivity (Wildman–Crippen MR) is 92.6 cm³/mol. The second-order valence-electron chi connectivity index (χ2n) is 5.28. The summed E-state index contributed by atoms with van der Waals surface area (Å²) in [6.07, 6.45) is 1.55. The minimum Gasteiger partial charge on any atom is -0.497 e. The molecule has 3 heterocycles. The molecule has 0 bridgehead atoms. The first kappa shape index (κ1) is 16.4. The number of rotatable bonds is 6. The lowest BCUT2D eigenvalue weighted by molar-refractivity contribution is 0.415. The van der Waals surface area contributed by atoms with Crippen LogP contribution in [0.2, 0.25) is 0 Å². The molecule has 0 aliphatic rings. The van der Waals surface area contributed by atoms with Gasteiger partial charge in [0.15, 0.2) is 5.76 Å². The molecule has 0 saturated heterocycles. The van der Waals surface area contributed by atoms with Crippen molar-refractivity contribution in [2.75, 3.05) is 7.11 Å². The molecule has 4 aromatic rings. The highest BCUT2D eigenvalue weighted by Crippen LogP contribution is 2.35. The Bertz CT molecular complexity index is 979. The first-order valence-electron chi connectivity index (χ1n) is 7.75. The average Bonchev–Trinajstić information content (AvgIpc) is 3.42. The van der Waals surface area contributed by atoms with Crippen molar-refractivity contribution >= 4 is 11.8 Å². The first-order chi connectivity index (χ1) is 12.7. The standard InChI is InChI=1S/C17H14N4O4S/c1-10(26-17-21-20-16(25-17)13-4-3-9-23-13)14-18-19-15(24-14)11-5-7-12(22-2)8-6-11/h3-10H,1-2H3/t10-/m1/s1. The number of furan rings is 1. The molecule has 132 valence electrons. The molecule has 0 aliphatic carbocycles. The highest BCUT2D eigenvalue weighted by atomic mass is 32.2. The smallest absolute Gasteiger partial charge is 0.284 e. The Morgan fingerprint density at radius 1 is 0.962 bits per heavy atom. The molecule has 4 rings (SSSR count). The number of aromatic nitrogens is 4. The molecule has 0 unspecified atom stereocenters. The molecular weight excluding hydrogens is 356 g/mol. The maximum absolute atomic E-state index is 5.76. The van der Waals surface area contributed by atoms with E-state index in [2.05, 4.69) is 20.4 Å². The van der Waals surface area contributed by atoms with Gasteiger partial charge in [0.25, 0.3) is 11.1 Å². The molecule has 8 nitrogen and oxygen atoms in total. The average molecular weight is 370 g/mol. The van der Waals surface area contributed by atoms with Crippen LogP contribution in [0.15, 0.2) is 61.1 Å². The summed E-state index contributed by atoms with van der Waals surface area (Å²) >= 11 is 1.33. The van der Waals surface area contributed by atoms with Gasteiger partial charge in [-0.2, -0.15) is 0 Å². The molecule has 0 saturated carbocycles. The zero-order valence-electron chi connectivity index (χ0n) is 13.9. The van der Waals surface area contributed by atoms with E-state index in [0.717, 1.165) is 11.3 Å². The van der Waals surface area contributed by atoms with E-state index in [1.165, 1.54) is 11.8 Å². The van der Waals surface area contributed by atoms with Gasteiger partial charge in [0.05, 0.1) is 18.6 Å². The fourth-order valence-electron chi connectivity index (χ4n) is 2.21. The highest BCUT2D eigenvalue weighted by Gasteiger charge is 2.20. The van der Waals surface area contributed by atoms with Crippen molar-refractivity contribution < 1.29 is 18.0 Å². The maximum Gasteiger partial charge on any atom is 0.284 e. The summed E-state index contributed by atoms with van der Waals surface area (Å²) in [6, 6.07) is 10.9. The molecule has 0 amide bonds. The van der Waals surface area contributed by atoms with Crippen molar-refractivity contribution in [2.45, 2.75) is 17.4 Å². The Kier molecular flexibility index (Phi) is 4.44. The molecule has 1 atom stereocenters. The van der Waals surface area contributed by atoms with Gasteiger partial charge < -0.3 is 18.0 Å². The van der Waals surface area contributed by atoms with Crippen LogP contribution in [0.25, 0.3) is 23.1 Å².